The Bertz CT molecular complexity index is 1050. The Morgan fingerprint density at radius 1 is 0.933 bits per heavy atom. The van der Waals surface area contributed by atoms with E-state index in [9.17, 15) is 9.59 Å². The highest BCUT2D eigenvalue weighted by Gasteiger charge is 2.31. The van der Waals surface area contributed by atoms with Crippen molar-refractivity contribution in [1.82, 2.24) is 9.78 Å². The minimum atomic E-state index is -0.665. The number of aromatic nitrogens is 2. The smallest absolute Gasteiger partial charge is 0.357 e. The van der Waals surface area contributed by atoms with Crippen LogP contribution in [0.4, 0.5) is 0 Å². The number of benzene rings is 2. The van der Waals surface area contributed by atoms with Crippen LogP contribution in [-0.4, -0.2) is 35.9 Å². The molecule has 0 saturated heterocycles. The number of carbonyl (C=O) groups is 2. The van der Waals surface area contributed by atoms with Crippen molar-refractivity contribution in [2.45, 2.75) is 32.6 Å². The summed E-state index contributed by atoms with van der Waals surface area (Å²) in [4.78, 5) is 25.3. The highest BCUT2D eigenvalue weighted by molar-refractivity contribution is 6.06. The van der Waals surface area contributed by atoms with Crippen LogP contribution < -0.4 is 0 Å². The maximum atomic E-state index is 12.7. The van der Waals surface area contributed by atoms with Gasteiger partial charge < -0.3 is 9.47 Å². The zero-order valence-corrected chi connectivity index (χ0v) is 17.9. The summed E-state index contributed by atoms with van der Waals surface area (Å²) in [6.07, 6.45) is 0.995. The fourth-order valence-electron chi connectivity index (χ4n) is 3.24. The molecule has 3 aromatic rings. The quantitative estimate of drug-likeness (QED) is 0.550. The first-order chi connectivity index (χ1) is 14.3. The van der Waals surface area contributed by atoms with E-state index in [2.05, 4.69) is 25.9 Å². The molecule has 0 atom stereocenters. The van der Waals surface area contributed by atoms with Gasteiger partial charge in [0.1, 0.15) is 11.3 Å². The summed E-state index contributed by atoms with van der Waals surface area (Å²) in [7, 11) is 2.55. The average Bonchev–Trinajstić information content (AvgIpc) is 3.19. The molecular weight excluding hydrogens is 380 g/mol. The predicted molar refractivity (Wildman–Crippen MR) is 115 cm³/mol. The molecule has 0 bridgehead atoms. The van der Waals surface area contributed by atoms with Crippen LogP contribution in [0.15, 0.2) is 54.6 Å². The number of hydrogen-bond acceptors (Lipinski definition) is 5. The van der Waals surface area contributed by atoms with Gasteiger partial charge in [-0.1, -0.05) is 63.2 Å². The van der Waals surface area contributed by atoms with Gasteiger partial charge in [0.15, 0.2) is 5.69 Å². The van der Waals surface area contributed by atoms with Gasteiger partial charge in [0.2, 0.25) is 0 Å². The topological polar surface area (TPSA) is 70.4 Å². The van der Waals surface area contributed by atoms with Crippen LogP contribution in [0.25, 0.3) is 16.9 Å². The molecule has 0 spiro atoms. The molecule has 1 aromatic heterocycles. The first-order valence-electron chi connectivity index (χ1n) is 9.80. The molecule has 0 radical (unpaired) electrons. The van der Waals surface area contributed by atoms with Gasteiger partial charge in [0, 0.05) is 5.56 Å². The lowest BCUT2D eigenvalue weighted by Gasteiger charge is -2.23. The molecule has 156 valence electrons. The third kappa shape index (κ3) is 3.85. The van der Waals surface area contributed by atoms with Gasteiger partial charge in [-0.15, -0.1) is 0 Å². The molecule has 3 rings (SSSR count). The molecule has 0 aliphatic heterocycles. The van der Waals surface area contributed by atoms with E-state index in [-0.39, 0.29) is 16.7 Å². The summed E-state index contributed by atoms with van der Waals surface area (Å²) in [6, 6.07) is 17.0. The van der Waals surface area contributed by atoms with Crippen LogP contribution in [0.3, 0.4) is 0 Å². The van der Waals surface area contributed by atoms with E-state index in [0.717, 1.165) is 6.42 Å². The number of methoxy groups -OCH3 is 2. The molecule has 30 heavy (non-hydrogen) atoms. The van der Waals surface area contributed by atoms with E-state index in [1.807, 2.05) is 42.5 Å². The minimum Gasteiger partial charge on any atom is -0.465 e. The highest BCUT2D eigenvalue weighted by Crippen LogP contribution is 2.32. The van der Waals surface area contributed by atoms with E-state index in [1.54, 1.807) is 12.1 Å². The van der Waals surface area contributed by atoms with Crippen molar-refractivity contribution in [2.75, 3.05) is 14.2 Å². The van der Waals surface area contributed by atoms with Crippen LogP contribution in [0.5, 0.6) is 0 Å². The number of para-hydroxylation sites is 1. The molecule has 6 nitrogen and oxygen atoms in total. The third-order valence-electron chi connectivity index (χ3n) is 5.48. The predicted octanol–water partition coefficient (Wildman–Crippen LogP) is 4.80. The summed E-state index contributed by atoms with van der Waals surface area (Å²) in [5.74, 6) is -1.31. The largest absolute Gasteiger partial charge is 0.465 e. The van der Waals surface area contributed by atoms with E-state index in [1.165, 1.54) is 24.5 Å². The second-order valence-corrected chi connectivity index (χ2v) is 7.62. The van der Waals surface area contributed by atoms with Crippen LogP contribution in [-0.2, 0) is 14.9 Å². The van der Waals surface area contributed by atoms with Gasteiger partial charge in [-0.2, -0.15) is 5.10 Å². The van der Waals surface area contributed by atoms with Gasteiger partial charge in [0.25, 0.3) is 0 Å². The Balaban J connectivity index is 2.25. The van der Waals surface area contributed by atoms with E-state index in [0.29, 0.717) is 16.9 Å². The van der Waals surface area contributed by atoms with Crippen LogP contribution in [0.2, 0.25) is 0 Å². The van der Waals surface area contributed by atoms with Crippen LogP contribution >= 0.6 is 0 Å². The molecule has 2 aromatic carbocycles. The van der Waals surface area contributed by atoms with Crippen LogP contribution in [0, 0.1) is 0 Å². The lowest BCUT2D eigenvalue weighted by atomic mass is 9.82. The molecule has 0 amide bonds. The van der Waals surface area contributed by atoms with Gasteiger partial charge in [-0.25, -0.2) is 14.3 Å². The molecule has 0 aliphatic rings. The standard InChI is InChI=1S/C24H26N2O4/c1-6-24(2,3)17-14-12-16(13-15-17)20-19(22(27)29-4)21(23(28)30-5)26(25-20)18-10-8-7-9-11-18/h7-15H,6H2,1-5H3. The van der Waals surface area contributed by atoms with Gasteiger partial charge in [-0.3, -0.25) is 0 Å². The Kier molecular flexibility index (Phi) is 6.06. The molecule has 6 heteroatoms. The molecule has 0 N–H and O–H groups in total. The lowest BCUT2D eigenvalue weighted by molar-refractivity contribution is 0.0549. The van der Waals surface area contributed by atoms with Gasteiger partial charge in [0.05, 0.1) is 19.9 Å². The fraction of sp³-hybridized carbons (Fsp3) is 0.292. The maximum absolute atomic E-state index is 12.7. The average molecular weight is 406 g/mol. The zero-order chi connectivity index (χ0) is 21.9. The van der Waals surface area contributed by atoms with Crippen molar-refractivity contribution in [3.63, 3.8) is 0 Å². The fourth-order valence-corrected chi connectivity index (χ4v) is 3.24. The van der Waals surface area contributed by atoms with Gasteiger partial charge >= 0.3 is 11.9 Å². The van der Waals surface area contributed by atoms with E-state index in [4.69, 9.17) is 9.47 Å². The Hall–Kier alpha value is -3.41. The SMILES string of the molecule is CCC(C)(C)c1ccc(-c2nn(-c3ccccc3)c(C(=O)OC)c2C(=O)OC)cc1. The van der Waals surface area contributed by atoms with Gasteiger partial charge in [-0.05, 0) is 29.5 Å². The zero-order valence-electron chi connectivity index (χ0n) is 17.9. The molecular formula is C24H26N2O4. The number of carbonyl (C=O) groups excluding carboxylic acids is 2. The molecule has 0 saturated carbocycles. The monoisotopic (exact) mass is 406 g/mol. The summed E-state index contributed by atoms with van der Waals surface area (Å²) < 4.78 is 11.4. The van der Waals surface area contributed by atoms with Crippen molar-refractivity contribution in [1.29, 1.82) is 0 Å². The summed E-state index contributed by atoms with van der Waals surface area (Å²) in [6.45, 7) is 6.51. The second-order valence-electron chi connectivity index (χ2n) is 7.62. The Labute approximate surface area is 176 Å². The minimum absolute atomic E-state index is 0.0310. The molecule has 1 heterocycles. The number of esters is 2. The van der Waals surface area contributed by atoms with E-state index < -0.39 is 11.9 Å². The molecule has 0 fully saturated rings. The van der Waals surface area contributed by atoms with Crippen molar-refractivity contribution >= 4 is 11.9 Å². The highest BCUT2D eigenvalue weighted by atomic mass is 16.5. The summed E-state index contributed by atoms with van der Waals surface area (Å²) in [5.41, 5.74) is 3.05. The first-order valence-corrected chi connectivity index (χ1v) is 9.80. The van der Waals surface area contributed by atoms with Crippen molar-refractivity contribution in [2.24, 2.45) is 0 Å². The first kappa shape index (κ1) is 21.3. The van der Waals surface area contributed by atoms with Crippen LogP contribution in [0.1, 0.15) is 53.6 Å². The molecule has 0 aliphatic carbocycles. The van der Waals surface area contributed by atoms with Crippen molar-refractivity contribution < 1.29 is 19.1 Å². The lowest BCUT2D eigenvalue weighted by Crippen LogP contribution is -2.15. The molecule has 0 unspecified atom stereocenters. The normalized spacial score (nSPS) is 11.2. The second kappa shape index (κ2) is 8.53. The van der Waals surface area contributed by atoms with Crippen molar-refractivity contribution in [3.05, 3.63) is 71.4 Å². The number of rotatable bonds is 6. The Morgan fingerprint density at radius 2 is 1.53 bits per heavy atom. The Morgan fingerprint density at radius 3 is 2.07 bits per heavy atom. The number of ether oxygens (including phenoxy) is 2. The third-order valence-corrected chi connectivity index (χ3v) is 5.48. The summed E-state index contributed by atoms with van der Waals surface area (Å²) in [5, 5.41) is 4.62. The summed E-state index contributed by atoms with van der Waals surface area (Å²) >= 11 is 0. The number of hydrogen-bond donors (Lipinski definition) is 0. The maximum Gasteiger partial charge on any atom is 0.357 e. The number of nitrogens with zero attached hydrogens (tertiary/aromatic N) is 2. The van der Waals surface area contributed by atoms with E-state index >= 15 is 0 Å². The van der Waals surface area contributed by atoms with Crippen molar-refractivity contribution in [3.8, 4) is 16.9 Å².